The predicted molar refractivity (Wildman–Crippen MR) is 64.2 cm³/mol. The number of aliphatic hydroxyl groups is 1. The number of carbonyl (C=O) groups excluding carboxylic acids is 1. The lowest BCUT2D eigenvalue weighted by molar-refractivity contribution is -0.129. The molecule has 1 rings (SSSR count). The van der Waals surface area contributed by atoms with Crippen LogP contribution in [0.25, 0.3) is 0 Å². The minimum atomic E-state index is -0.130. The second kappa shape index (κ2) is 5.64. The van der Waals surface area contributed by atoms with Crippen LogP contribution in [0, 0.1) is 0 Å². The summed E-state index contributed by atoms with van der Waals surface area (Å²) >= 11 is 0. The fourth-order valence-electron chi connectivity index (χ4n) is 1.72. The van der Waals surface area contributed by atoms with Gasteiger partial charge in [-0.1, -0.05) is 6.92 Å². The first-order chi connectivity index (χ1) is 7.52. The Kier molecular flexibility index (Phi) is 4.74. The normalized spacial score (nSPS) is 19.2. The van der Waals surface area contributed by atoms with Crippen LogP contribution in [0.2, 0.25) is 0 Å². The van der Waals surface area contributed by atoms with Crippen molar-refractivity contribution in [1.82, 2.24) is 10.2 Å². The number of rotatable bonds is 7. The smallest absolute Gasteiger partial charge is 0.236 e. The predicted octanol–water partition coefficient (Wildman–Crippen LogP) is 0.748. The van der Waals surface area contributed by atoms with E-state index in [1.54, 1.807) is 0 Å². The lowest BCUT2D eigenvalue weighted by atomic mass is 9.95. The molecule has 1 aliphatic rings. The highest BCUT2D eigenvalue weighted by Gasteiger charge is 2.30. The number of nitrogens with one attached hydrogen (secondary N) is 1. The molecule has 0 aromatic heterocycles. The van der Waals surface area contributed by atoms with E-state index < -0.39 is 0 Å². The zero-order valence-electron chi connectivity index (χ0n) is 10.6. The van der Waals surface area contributed by atoms with Gasteiger partial charge in [-0.2, -0.15) is 0 Å². The summed E-state index contributed by atoms with van der Waals surface area (Å²) in [5.74, 6) is 0.153. The molecule has 0 bridgehead atoms. The molecule has 0 heterocycles. The van der Waals surface area contributed by atoms with Gasteiger partial charge < -0.3 is 15.3 Å². The van der Waals surface area contributed by atoms with Gasteiger partial charge in [0, 0.05) is 25.2 Å². The fourth-order valence-corrected chi connectivity index (χ4v) is 1.72. The molecule has 1 aliphatic carbocycles. The number of amides is 1. The van der Waals surface area contributed by atoms with Crippen LogP contribution in [0.4, 0.5) is 0 Å². The highest BCUT2D eigenvalue weighted by molar-refractivity contribution is 5.78. The third-order valence-electron chi connectivity index (χ3n) is 3.60. The fraction of sp³-hybridized carbons (Fsp3) is 0.917. The summed E-state index contributed by atoms with van der Waals surface area (Å²) in [4.78, 5) is 13.6. The maximum absolute atomic E-state index is 11.8. The van der Waals surface area contributed by atoms with Gasteiger partial charge in [-0.05, 0) is 32.6 Å². The van der Waals surface area contributed by atoms with Gasteiger partial charge in [0.25, 0.3) is 0 Å². The summed E-state index contributed by atoms with van der Waals surface area (Å²) in [5, 5.41) is 12.2. The molecule has 4 heteroatoms. The molecule has 1 amide bonds. The largest absolute Gasteiger partial charge is 0.396 e. The van der Waals surface area contributed by atoms with Crippen LogP contribution in [-0.4, -0.2) is 47.7 Å². The molecule has 0 aliphatic heterocycles. The molecule has 1 atom stereocenters. The Bertz CT molecular complexity index is 241. The SMILES string of the molecule is CCC(C)(CCO)NCC(=O)N(C)C1CC1. The summed E-state index contributed by atoms with van der Waals surface area (Å²) in [5.41, 5.74) is -0.130. The van der Waals surface area contributed by atoms with Crippen LogP contribution in [0.1, 0.15) is 39.5 Å². The Morgan fingerprint density at radius 3 is 2.62 bits per heavy atom. The molecule has 1 saturated carbocycles. The Hall–Kier alpha value is -0.610. The highest BCUT2D eigenvalue weighted by Crippen LogP contribution is 2.25. The second-order valence-corrected chi connectivity index (χ2v) is 4.98. The van der Waals surface area contributed by atoms with E-state index in [-0.39, 0.29) is 18.1 Å². The van der Waals surface area contributed by atoms with E-state index in [9.17, 15) is 4.79 Å². The van der Waals surface area contributed by atoms with Crippen LogP contribution in [-0.2, 0) is 4.79 Å². The van der Waals surface area contributed by atoms with Gasteiger partial charge in [0.15, 0.2) is 0 Å². The molecule has 0 spiro atoms. The Labute approximate surface area is 98.0 Å². The average Bonchev–Trinajstić information content (AvgIpc) is 3.09. The minimum absolute atomic E-state index is 0.130. The maximum Gasteiger partial charge on any atom is 0.236 e. The number of hydrogen-bond donors (Lipinski definition) is 2. The van der Waals surface area contributed by atoms with E-state index in [0.29, 0.717) is 19.0 Å². The van der Waals surface area contributed by atoms with Crippen molar-refractivity contribution in [3.05, 3.63) is 0 Å². The Morgan fingerprint density at radius 1 is 1.56 bits per heavy atom. The molecular weight excluding hydrogens is 204 g/mol. The first kappa shape index (κ1) is 13.5. The van der Waals surface area contributed by atoms with E-state index in [0.717, 1.165) is 19.3 Å². The molecule has 4 nitrogen and oxygen atoms in total. The van der Waals surface area contributed by atoms with E-state index in [1.165, 1.54) is 0 Å². The zero-order valence-corrected chi connectivity index (χ0v) is 10.6. The van der Waals surface area contributed by atoms with Crippen LogP contribution < -0.4 is 5.32 Å². The van der Waals surface area contributed by atoms with E-state index in [4.69, 9.17) is 5.11 Å². The number of nitrogens with zero attached hydrogens (tertiary/aromatic N) is 1. The summed E-state index contributed by atoms with van der Waals surface area (Å²) < 4.78 is 0. The number of hydrogen-bond acceptors (Lipinski definition) is 3. The molecule has 0 aromatic carbocycles. The maximum atomic E-state index is 11.8. The van der Waals surface area contributed by atoms with Crippen LogP contribution in [0.15, 0.2) is 0 Å². The lowest BCUT2D eigenvalue weighted by Gasteiger charge is -2.30. The average molecular weight is 228 g/mol. The Balaban J connectivity index is 2.33. The Morgan fingerprint density at radius 2 is 2.19 bits per heavy atom. The van der Waals surface area contributed by atoms with Crippen molar-refractivity contribution in [1.29, 1.82) is 0 Å². The monoisotopic (exact) mass is 228 g/mol. The summed E-state index contributed by atoms with van der Waals surface area (Å²) in [6.07, 6.45) is 3.88. The molecule has 0 radical (unpaired) electrons. The van der Waals surface area contributed by atoms with Crippen LogP contribution in [0.3, 0.4) is 0 Å². The van der Waals surface area contributed by atoms with Gasteiger partial charge >= 0.3 is 0 Å². The highest BCUT2D eigenvalue weighted by atomic mass is 16.3. The first-order valence-corrected chi connectivity index (χ1v) is 6.14. The third kappa shape index (κ3) is 3.76. The van der Waals surface area contributed by atoms with Gasteiger partial charge in [0.2, 0.25) is 5.91 Å². The topological polar surface area (TPSA) is 52.6 Å². The zero-order chi connectivity index (χ0) is 12.2. The van der Waals surface area contributed by atoms with Crippen molar-refractivity contribution < 1.29 is 9.90 Å². The number of likely N-dealkylation sites (N-methyl/N-ethyl adjacent to an activating group) is 1. The molecular formula is C12H24N2O2. The van der Waals surface area contributed by atoms with E-state index >= 15 is 0 Å². The second-order valence-electron chi connectivity index (χ2n) is 4.98. The van der Waals surface area contributed by atoms with Gasteiger partial charge in [0.05, 0.1) is 6.54 Å². The van der Waals surface area contributed by atoms with Crippen molar-refractivity contribution in [2.75, 3.05) is 20.2 Å². The van der Waals surface area contributed by atoms with Gasteiger partial charge in [-0.25, -0.2) is 0 Å². The molecule has 16 heavy (non-hydrogen) atoms. The summed E-state index contributed by atoms with van der Waals surface area (Å²) in [7, 11) is 1.87. The standard InChI is InChI=1S/C12H24N2O2/c1-4-12(2,7-8-15)13-9-11(16)14(3)10-5-6-10/h10,13,15H,4-9H2,1-3H3. The van der Waals surface area contributed by atoms with Gasteiger partial charge in [-0.3, -0.25) is 4.79 Å². The minimum Gasteiger partial charge on any atom is -0.396 e. The molecule has 1 unspecified atom stereocenters. The number of aliphatic hydroxyl groups excluding tert-OH is 1. The molecule has 0 saturated heterocycles. The molecule has 94 valence electrons. The van der Waals surface area contributed by atoms with Crippen molar-refractivity contribution in [3.8, 4) is 0 Å². The summed E-state index contributed by atoms with van der Waals surface area (Å²) in [6, 6.07) is 0.472. The van der Waals surface area contributed by atoms with Crippen LogP contribution in [0.5, 0.6) is 0 Å². The summed E-state index contributed by atoms with van der Waals surface area (Å²) in [6.45, 7) is 4.65. The number of carbonyl (C=O) groups is 1. The van der Waals surface area contributed by atoms with Crippen molar-refractivity contribution in [2.45, 2.75) is 51.1 Å². The molecule has 2 N–H and O–H groups in total. The van der Waals surface area contributed by atoms with E-state index in [2.05, 4.69) is 12.2 Å². The van der Waals surface area contributed by atoms with Crippen LogP contribution >= 0.6 is 0 Å². The quantitative estimate of drug-likeness (QED) is 0.676. The first-order valence-electron chi connectivity index (χ1n) is 6.14. The van der Waals surface area contributed by atoms with Crippen molar-refractivity contribution in [3.63, 3.8) is 0 Å². The lowest BCUT2D eigenvalue weighted by Crippen LogP contribution is -2.48. The molecule has 1 fully saturated rings. The van der Waals surface area contributed by atoms with E-state index in [1.807, 2.05) is 18.9 Å². The molecule has 0 aromatic rings. The van der Waals surface area contributed by atoms with Gasteiger partial charge in [0.1, 0.15) is 0 Å². The third-order valence-corrected chi connectivity index (χ3v) is 3.60. The van der Waals surface area contributed by atoms with Crippen molar-refractivity contribution >= 4 is 5.91 Å². The van der Waals surface area contributed by atoms with Gasteiger partial charge in [-0.15, -0.1) is 0 Å². The van der Waals surface area contributed by atoms with Crippen molar-refractivity contribution in [2.24, 2.45) is 0 Å².